The van der Waals surface area contributed by atoms with Crippen LogP contribution in [0, 0.1) is 12.2 Å². The van der Waals surface area contributed by atoms with Gasteiger partial charge in [0.2, 0.25) is 0 Å². The SMILES string of the molecule is CCCCC1=C(C)CC=[C-]1.CCCCC1=C(C)CC=[C-]1.[Hf]. The van der Waals surface area contributed by atoms with E-state index in [1.807, 2.05) is 0 Å². The van der Waals surface area contributed by atoms with Gasteiger partial charge in [-0.2, -0.15) is 12.2 Å². The van der Waals surface area contributed by atoms with Crippen LogP contribution < -0.4 is 0 Å². The van der Waals surface area contributed by atoms with Crippen molar-refractivity contribution in [1.82, 2.24) is 0 Å². The van der Waals surface area contributed by atoms with Crippen LogP contribution in [0.15, 0.2) is 34.4 Å². The quantitative estimate of drug-likeness (QED) is 0.321. The van der Waals surface area contributed by atoms with Crippen molar-refractivity contribution in [1.29, 1.82) is 0 Å². The molecule has 0 saturated heterocycles. The third kappa shape index (κ3) is 8.14. The third-order valence-electron chi connectivity index (χ3n) is 3.96. The van der Waals surface area contributed by atoms with Gasteiger partial charge in [0, 0.05) is 25.8 Å². The third-order valence-corrected chi connectivity index (χ3v) is 3.96. The molecule has 0 fully saturated rings. The zero-order valence-electron chi connectivity index (χ0n) is 14.3. The standard InChI is InChI=1S/2C10H15.Hf/c2*1-3-4-7-10-8-5-6-9(10)2;/h2*5H,3-4,6-7H2,1-2H3;/q2*-1;. The molecule has 0 heterocycles. The van der Waals surface area contributed by atoms with Gasteiger partial charge in [-0.05, 0) is 0 Å². The number of hydrogen-bond acceptors (Lipinski definition) is 0. The van der Waals surface area contributed by atoms with Crippen molar-refractivity contribution >= 4 is 0 Å². The van der Waals surface area contributed by atoms with Gasteiger partial charge in [0.15, 0.2) is 0 Å². The van der Waals surface area contributed by atoms with Crippen molar-refractivity contribution in [2.45, 2.75) is 79.1 Å². The molecule has 0 aromatic heterocycles. The smallest absolute Gasteiger partial charge is 0 e. The summed E-state index contributed by atoms with van der Waals surface area (Å²) in [4.78, 5) is 0. The van der Waals surface area contributed by atoms with Gasteiger partial charge in [0.1, 0.15) is 0 Å². The predicted octanol–water partition coefficient (Wildman–Crippen LogP) is 6.51. The van der Waals surface area contributed by atoms with E-state index < -0.39 is 0 Å². The fourth-order valence-corrected chi connectivity index (χ4v) is 2.43. The summed E-state index contributed by atoms with van der Waals surface area (Å²) in [5.41, 5.74) is 5.96. The molecule has 0 radical (unpaired) electrons. The van der Waals surface area contributed by atoms with Gasteiger partial charge in [-0.25, -0.2) is 22.3 Å². The Labute approximate surface area is 151 Å². The minimum Gasteiger partial charge on any atom is -0.253 e. The topological polar surface area (TPSA) is 0 Å². The summed E-state index contributed by atoms with van der Waals surface area (Å²) in [6, 6.07) is 0. The molecule has 0 N–H and O–H groups in total. The fraction of sp³-hybridized carbons (Fsp3) is 0.600. The van der Waals surface area contributed by atoms with E-state index in [4.69, 9.17) is 0 Å². The van der Waals surface area contributed by atoms with Crippen molar-refractivity contribution in [2.24, 2.45) is 0 Å². The summed E-state index contributed by atoms with van der Waals surface area (Å²) in [6.45, 7) is 8.88. The maximum atomic E-state index is 3.30. The van der Waals surface area contributed by atoms with E-state index in [0.29, 0.717) is 0 Å². The summed E-state index contributed by atoms with van der Waals surface area (Å²) in [5, 5.41) is 0. The van der Waals surface area contributed by atoms with Crippen molar-refractivity contribution < 1.29 is 25.8 Å². The van der Waals surface area contributed by atoms with Crippen LogP contribution in [0.4, 0.5) is 0 Å². The van der Waals surface area contributed by atoms with Gasteiger partial charge in [-0.3, -0.25) is 12.2 Å². The summed E-state index contributed by atoms with van der Waals surface area (Å²) in [5.74, 6) is 0. The van der Waals surface area contributed by atoms with Crippen LogP contribution in [0.1, 0.15) is 79.1 Å². The van der Waals surface area contributed by atoms with Crippen molar-refractivity contribution in [2.75, 3.05) is 0 Å². The van der Waals surface area contributed by atoms with E-state index in [-0.39, 0.29) is 25.8 Å². The zero-order chi connectivity index (χ0) is 14.8. The Morgan fingerprint density at radius 2 is 1.19 bits per heavy atom. The largest absolute Gasteiger partial charge is 0.253 e. The van der Waals surface area contributed by atoms with E-state index in [9.17, 15) is 0 Å². The van der Waals surface area contributed by atoms with Gasteiger partial charge >= 0.3 is 0 Å². The Hall–Kier alpha value is -0.170. The summed E-state index contributed by atoms with van der Waals surface area (Å²) in [7, 11) is 0. The molecular formula is C20H30Hf-2. The first-order valence-electron chi connectivity index (χ1n) is 8.22. The molecule has 0 atom stereocenters. The van der Waals surface area contributed by atoms with Gasteiger partial charge in [0.05, 0.1) is 0 Å². The molecule has 0 spiro atoms. The molecule has 1 heteroatoms. The number of allylic oxidation sites excluding steroid dienone is 8. The predicted molar refractivity (Wildman–Crippen MR) is 89.3 cm³/mol. The molecule has 0 nitrogen and oxygen atoms in total. The molecule has 21 heavy (non-hydrogen) atoms. The Morgan fingerprint density at radius 3 is 1.43 bits per heavy atom. The molecule has 0 aliphatic heterocycles. The molecule has 0 bridgehead atoms. The van der Waals surface area contributed by atoms with Crippen molar-refractivity contribution in [3.63, 3.8) is 0 Å². The van der Waals surface area contributed by atoms with E-state index in [1.165, 1.54) is 60.8 Å². The van der Waals surface area contributed by atoms with Crippen molar-refractivity contribution in [3.8, 4) is 0 Å². The Morgan fingerprint density at radius 1 is 0.810 bits per heavy atom. The van der Waals surface area contributed by atoms with Gasteiger partial charge in [0.25, 0.3) is 0 Å². The molecule has 116 valence electrons. The van der Waals surface area contributed by atoms with Gasteiger partial charge in [-0.1, -0.05) is 65.2 Å². The first-order valence-corrected chi connectivity index (χ1v) is 8.22. The summed E-state index contributed by atoms with van der Waals surface area (Å²) >= 11 is 0. The van der Waals surface area contributed by atoms with Gasteiger partial charge < -0.3 is 0 Å². The average Bonchev–Trinajstić information content (AvgIpc) is 3.04. The monoisotopic (exact) mass is 450 g/mol. The molecule has 2 aliphatic rings. The number of hydrogen-bond donors (Lipinski definition) is 0. The first-order chi connectivity index (χ1) is 9.69. The maximum Gasteiger partial charge on any atom is 0 e. The number of rotatable bonds is 6. The normalized spacial score (nSPS) is 16.2. The Kier molecular flexibility index (Phi) is 12.3. The fourth-order valence-electron chi connectivity index (χ4n) is 2.43. The molecule has 2 aliphatic carbocycles. The van der Waals surface area contributed by atoms with E-state index in [2.05, 4.69) is 52.0 Å². The van der Waals surface area contributed by atoms with Crippen LogP contribution in [-0.2, 0) is 25.8 Å². The molecule has 2 rings (SSSR count). The van der Waals surface area contributed by atoms with Crippen LogP contribution >= 0.6 is 0 Å². The minimum absolute atomic E-state index is 0. The minimum atomic E-state index is 0. The molecule has 0 saturated carbocycles. The van der Waals surface area contributed by atoms with E-state index in [1.54, 1.807) is 0 Å². The molecule has 0 unspecified atom stereocenters. The van der Waals surface area contributed by atoms with E-state index >= 15 is 0 Å². The van der Waals surface area contributed by atoms with Gasteiger partial charge in [-0.15, -0.1) is 13.8 Å². The van der Waals surface area contributed by atoms with Crippen LogP contribution in [-0.4, -0.2) is 0 Å². The Balaban J connectivity index is 0.000000364. The zero-order valence-corrected chi connectivity index (χ0v) is 17.9. The molecular weight excluding hydrogens is 419 g/mol. The summed E-state index contributed by atoms with van der Waals surface area (Å²) in [6.07, 6.45) is 20.8. The second kappa shape index (κ2) is 12.4. The number of unbranched alkanes of at least 4 members (excludes halogenated alkanes) is 2. The second-order valence-electron chi connectivity index (χ2n) is 5.83. The Bertz CT molecular complexity index is 368. The van der Waals surface area contributed by atoms with E-state index in [0.717, 1.165) is 12.8 Å². The van der Waals surface area contributed by atoms with Crippen LogP contribution in [0.3, 0.4) is 0 Å². The summed E-state index contributed by atoms with van der Waals surface area (Å²) < 4.78 is 0. The molecule has 0 aromatic rings. The maximum absolute atomic E-state index is 3.30. The first kappa shape index (κ1) is 20.8. The van der Waals surface area contributed by atoms with Crippen molar-refractivity contribution in [3.05, 3.63) is 46.6 Å². The molecule has 0 amide bonds. The molecule has 0 aromatic carbocycles. The van der Waals surface area contributed by atoms with Crippen LogP contribution in [0.25, 0.3) is 0 Å². The average molecular weight is 449 g/mol. The van der Waals surface area contributed by atoms with Crippen LogP contribution in [0.2, 0.25) is 0 Å². The van der Waals surface area contributed by atoms with Crippen LogP contribution in [0.5, 0.6) is 0 Å². The second-order valence-corrected chi connectivity index (χ2v) is 5.83.